The van der Waals surface area contributed by atoms with E-state index in [1.165, 1.54) is 25.3 Å². The number of halogens is 1. The number of anilines is 2. The molecule has 0 unspecified atom stereocenters. The second-order valence-corrected chi connectivity index (χ2v) is 6.24. The van der Waals surface area contributed by atoms with E-state index in [1.807, 2.05) is 6.92 Å². The standard InChI is InChI=1S/C19H23FN4O6/c1-3-8-24-16(21)15(17(26)22-19(24)28)23(9-10-29-2)14(25)11-30-18(27)12-6-4-5-7-13(12)20/h4-7H,3,8-11,21H2,1-2H3,(H,22,26,28). The van der Waals surface area contributed by atoms with Crippen LogP contribution in [0.3, 0.4) is 0 Å². The molecule has 0 saturated heterocycles. The largest absolute Gasteiger partial charge is 0.452 e. The van der Waals surface area contributed by atoms with Crippen LogP contribution >= 0.6 is 0 Å². The summed E-state index contributed by atoms with van der Waals surface area (Å²) in [4.78, 5) is 52.3. The van der Waals surface area contributed by atoms with E-state index in [9.17, 15) is 23.6 Å². The van der Waals surface area contributed by atoms with Gasteiger partial charge in [0.25, 0.3) is 11.5 Å². The van der Waals surface area contributed by atoms with Gasteiger partial charge in [-0.05, 0) is 18.6 Å². The van der Waals surface area contributed by atoms with Crippen LogP contribution in [0.15, 0.2) is 33.9 Å². The van der Waals surface area contributed by atoms with E-state index in [0.717, 1.165) is 15.5 Å². The maximum Gasteiger partial charge on any atom is 0.341 e. The monoisotopic (exact) mass is 422 g/mol. The third kappa shape index (κ3) is 5.11. The Bertz CT molecular complexity index is 1030. The topological polar surface area (TPSA) is 137 Å². The number of aromatic amines is 1. The average Bonchev–Trinajstić information content (AvgIpc) is 2.71. The molecule has 1 heterocycles. The highest BCUT2D eigenvalue weighted by molar-refractivity contribution is 5.98. The number of hydrogen-bond donors (Lipinski definition) is 2. The smallest absolute Gasteiger partial charge is 0.341 e. The lowest BCUT2D eigenvalue weighted by atomic mass is 10.2. The molecule has 3 N–H and O–H groups in total. The Balaban J connectivity index is 2.32. The van der Waals surface area contributed by atoms with E-state index >= 15 is 0 Å². The van der Waals surface area contributed by atoms with Crippen LogP contribution in [0.4, 0.5) is 15.9 Å². The van der Waals surface area contributed by atoms with Crippen LogP contribution in [-0.4, -0.2) is 48.3 Å². The first-order chi connectivity index (χ1) is 14.3. The van der Waals surface area contributed by atoms with Gasteiger partial charge in [0.05, 0.1) is 12.2 Å². The summed E-state index contributed by atoms with van der Waals surface area (Å²) in [5.41, 5.74) is 3.84. The van der Waals surface area contributed by atoms with E-state index in [-0.39, 0.29) is 36.8 Å². The summed E-state index contributed by atoms with van der Waals surface area (Å²) in [5, 5.41) is 0. The number of nitrogens with two attached hydrogens (primary N) is 1. The van der Waals surface area contributed by atoms with E-state index < -0.39 is 35.5 Å². The number of nitrogens with one attached hydrogen (secondary N) is 1. The van der Waals surface area contributed by atoms with Gasteiger partial charge in [0.15, 0.2) is 12.3 Å². The minimum Gasteiger partial charge on any atom is -0.452 e. The van der Waals surface area contributed by atoms with Gasteiger partial charge < -0.3 is 15.2 Å². The molecule has 10 nitrogen and oxygen atoms in total. The second-order valence-electron chi connectivity index (χ2n) is 6.24. The lowest BCUT2D eigenvalue weighted by Crippen LogP contribution is -2.44. The molecule has 30 heavy (non-hydrogen) atoms. The van der Waals surface area contributed by atoms with E-state index in [2.05, 4.69) is 4.98 Å². The van der Waals surface area contributed by atoms with E-state index in [4.69, 9.17) is 15.2 Å². The normalized spacial score (nSPS) is 10.6. The fourth-order valence-electron chi connectivity index (χ4n) is 2.74. The Morgan fingerprint density at radius 3 is 2.60 bits per heavy atom. The molecule has 0 aliphatic carbocycles. The molecule has 1 aromatic heterocycles. The zero-order chi connectivity index (χ0) is 22.3. The molecule has 11 heteroatoms. The molecule has 0 saturated carbocycles. The molecule has 2 rings (SSSR count). The summed E-state index contributed by atoms with van der Waals surface area (Å²) in [6.07, 6.45) is 0.557. The number of aromatic nitrogens is 2. The number of esters is 1. The van der Waals surface area contributed by atoms with Crippen LogP contribution in [0.25, 0.3) is 0 Å². The van der Waals surface area contributed by atoms with Crippen LogP contribution in [0.1, 0.15) is 23.7 Å². The van der Waals surface area contributed by atoms with Gasteiger partial charge in [0.1, 0.15) is 11.6 Å². The van der Waals surface area contributed by atoms with Gasteiger partial charge in [0.2, 0.25) is 0 Å². The molecule has 1 amide bonds. The molecule has 0 radical (unpaired) electrons. The van der Waals surface area contributed by atoms with Gasteiger partial charge in [-0.2, -0.15) is 0 Å². The Kier molecular flexibility index (Phi) is 7.87. The van der Waals surface area contributed by atoms with Crippen molar-refractivity contribution in [3.63, 3.8) is 0 Å². The Morgan fingerprint density at radius 2 is 1.97 bits per heavy atom. The minimum absolute atomic E-state index is 0.0405. The molecule has 2 aromatic rings. The highest BCUT2D eigenvalue weighted by Gasteiger charge is 2.25. The first-order valence-electron chi connectivity index (χ1n) is 9.15. The third-order valence-corrected chi connectivity index (χ3v) is 4.17. The highest BCUT2D eigenvalue weighted by atomic mass is 19.1. The summed E-state index contributed by atoms with van der Waals surface area (Å²) < 4.78 is 24.7. The van der Waals surface area contributed by atoms with Crippen molar-refractivity contribution in [3.05, 3.63) is 56.5 Å². The van der Waals surface area contributed by atoms with Crippen molar-refractivity contribution >= 4 is 23.4 Å². The van der Waals surface area contributed by atoms with Crippen molar-refractivity contribution in [3.8, 4) is 0 Å². The van der Waals surface area contributed by atoms with Crippen LogP contribution < -0.4 is 21.9 Å². The number of methoxy groups -OCH3 is 1. The van der Waals surface area contributed by atoms with Gasteiger partial charge >= 0.3 is 11.7 Å². The summed E-state index contributed by atoms with van der Waals surface area (Å²) in [6, 6.07) is 5.16. The third-order valence-electron chi connectivity index (χ3n) is 4.17. The lowest BCUT2D eigenvalue weighted by molar-refractivity contribution is -0.121. The predicted molar refractivity (Wildman–Crippen MR) is 107 cm³/mol. The van der Waals surface area contributed by atoms with Gasteiger partial charge in [-0.3, -0.25) is 24.0 Å². The number of H-pyrrole nitrogens is 1. The SMILES string of the molecule is CCCn1c(N)c(N(CCOC)C(=O)COC(=O)c2ccccc2F)c(=O)[nH]c1=O. The maximum atomic E-state index is 13.7. The molecule has 0 spiro atoms. The van der Waals surface area contributed by atoms with Crippen molar-refractivity contribution in [1.29, 1.82) is 0 Å². The highest BCUT2D eigenvalue weighted by Crippen LogP contribution is 2.17. The van der Waals surface area contributed by atoms with Crippen molar-refractivity contribution in [2.45, 2.75) is 19.9 Å². The molecule has 0 aliphatic rings. The van der Waals surface area contributed by atoms with Crippen molar-refractivity contribution < 1.29 is 23.5 Å². The zero-order valence-electron chi connectivity index (χ0n) is 16.6. The molecule has 162 valence electrons. The van der Waals surface area contributed by atoms with Crippen molar-refractivity contribution in [2.24, 2.45) is 0 Å². The number of rotatable bonds is 9. The number of nitrogen functional groups attached to an aromatic ring is 1. The zero-order valence-corrected chi connectivity index (χ0v) is 16.6. The molecule has 1 aromatic carbocycles. The summed E-state index contributed by atoms with van der Waals surface area (Å²) in [7, 11) is 1.40. The van der Waals surface area contributed by atoms with Crippen molar-refractivity contribution in [2.75, 3.05) is 37.5 Å². The maximum absolute atomic E-state index is 13.7. The van der Waals surface area contributed by atoms with E-state index in [0.29, 0.717) is 6.42 Å². The van der Waals surface area contributed by atoms with Gasteiger partial charge in [-0.25, -0.2) is 14.0 Å². The molecule has 0 bridgehead atoms. The Morgan fingerprint density at radius 1 is 1.27 bits per heavy atom. The van der Waals surface area contributed by atoms with Crippen LogP contribution in [0, 0.1) is 5.82 Å². The quantitative estimate of drug-likeness (QED) is 0.562. The minimum atomic E-state index is -1.04. The number of carbonyl (C=O) groups excluding carboxylic acids is 2. The summed E-state index contributed by atoms with van der Waals surface area (Å²) in [5.74, 6) is -2.82. The van der Waals surface area contributed by atoms with Gasteiger partial charge in [0, 0.05) is 20.2 Å². The lowest BCUT2D eigenvalue weighted by Gasteiger charge is -2.24. The number of carbonyl (C=O) groups is 2. The summed E-state index contributed by atoms with van der Waals surface area (Å²) >= 11 is 0. The van der Waals surface area contributed by atoms with Gasteiger partial charge in [-0.1, -0.05) is 19.1 Å². The number of nitrogens with zero attached hydrogens (tertiary/aromatic N) is 2. The van der Waals surface area contributed by atoms with E-state index in [1.54, 1.807) is 0 Å². The first-order valence-corrected chi connectivity index (χ1v) is 9.15. The Hall–Kier alpha value is -3.47. The second kappa shape index (κ2) is 10.3. The molecule has 0 atom stereocenters. The number of ether oxygens (including phenoxy) is 2. The van der Waals surface area contributed by atoms with Crippen LogP contribution in [-0.2, 0) is 20.8 Å². The fourth-order valence-corrected chi connectivity index (χ4v) is 2.74. The molecule has 0 fully saturated rings. The molecule has 0 aliphatic heterocycles. The Labute approximate surface area is 171 Å². The first kappa shape index (κ1) is 22.8. The van der Waals surface area contributed by atoms with Crippen LogP contribution in [0.5, 0.6) is 0 Å². The predicted octanol–water partition coefficient (Wildman–Crippen LogP) is 0.504. The fraction of sp³-hybridized carbons (Fsp3) is 0.368. The van der Waals surface area contributed by atoms with Gasteiger partial charge in [-0.15, -0.1) is 0 Å². The molecular formula is C19H23FN4O6. The van der Waals surface area contributed by atoms with Crippen molar-refractivity contribution in [1.82, 2.24) is 9.55 Å². The number of amides is 1. The average molecular weight is 422 g/mol. The number of hydrogen-bond acceptors (Lipinski definition) is 7. The number of benzene rings is 1. The molecular weight excluding hydrogens is 399 g/mol. The van der Waals surface area contributed by atoms with Crippen LogP contribution in [0.2, 0.25) is 0 Å². The summed E-state index contributed by atoms with van der Waals surface area (Å²) in [6.45, 7) is 1.21.